The van der Waals surface area contributed by atoms with Gasteiger partial charge < -0.3 is 19.7 Å². The van der Waals surface area contributed by atoms with Crippen molar-refractivity contribution in [1.29, 1.82) is 0 Å². The fraction of sp³-hybridized carbons (Fsp3) is 0.474. The molecule has 6 nitrogen and oxygen atoms in total. The van der Waals surface area contributed by atoms with Crippen LogP contribution in [0.25, 0.3) is 0 Å². The molecule has 1 aliphatic carbocycles. The number of ether oxygens (including phenoxy) is 2. The second-order valence-electron chi connectivity index (χ2n) is 6.71. The molecule has 140 valence electrons. The summed E-state index contributed by atoms with van der Waals surface area (Å²) in [5, 5.41) is 3.51. The summed E-state index contributed by atoms with van der Waals surface area (Å²) < 4.78 is 11.7. The molecule has 0 bridgehead atoms. The van der Waals surface area contributed by atoms with Crippen LogP contribution in [0.15, 0.2) is 30.5 Å². The second-order valence-corrected chi connectivity index (χ2v) is 7.09. The van der Waals surface area contributed by atoms with Crippen LogP contribution in [0.1, 0.15) is 25.7 Å². The molecule has 1 heterocycles. The summed E-state index contributed by atoms with van der Waals surface area (Å²) in [5.74, 6) is 1.89. The SMILES string of the molecule is COc1cc(Nc2nccc(Cl)n2)ccc1OC1CCC(N(C)C)CC1. The highest BCUT2D eigenvalue weighted by molar-refractivity contribution is 6.29. The largest absolute Gasteiger partial charge is 0.493 e. The van der Waals surface area contributed by atoms with E-state index in [2.05, 4.69) is 34.3 Å². The van der Waals surface area contributed by atoms with Gasteiger partial charge in [-0.3, -0.25) is 0 Å². The van der Waals surface area contributed by atoms with E-state index in [1.807, 2.05) is 18.2 Å². The summed E-state index contributed by atoms with van der Waals surface area (Å²) in [6, 6.07) is 8.01. The van der Waals surface area contributed by atoms with Crippen molar-refractivity contribution in [2.45, 2.75) is 37.8 Å². The van der Waals surface area contributed by atoms with E-state index < -0.39 is 0 Å². The molecule has 1 aliphatic rings. The van der Waals surface area contributed by atoms with Crippen molar-refractivity contribution >= 4 is 23.2 Å². The van der Waals surface area contributed by atoms with Gasteiger partial charge in [0.05, 0.1) is 13.2 Å². The van der Waals surface area contributed by atoms with Crippen LogP contribution in [0, 0.1) is 0 Å². The van der Waals surface area contributed by atoms with Crippen molar-refractivity contribution in [2.75, 3.05) is 26.5 Å². The lowest BCUT2D eigenvalue weighted by molar-refractivity contribution is 0.108. The number of nitrogens with zero attached hydrogens (tertiary/aromatic N) is 3. The highest BCUT2D eigenvalue weighted by Crippen LogP contribution is 2.34. The molecule has 1 saturated carbocycles. The lowest BCUT2D eigenvalue weighted by Crippen LogP contribution is -2.35. The highest BCUT2D eigenvalue weighted by Gasteiger charge is 2.24. The fourth-order valence-electron chi connectivity index (χ4n) is 3.23. The van der Waals surface area contributed by atoms with Gasteiger partial charge in [-0.2, -0.15) is 0 Å². The van der Waals surface area contributed by atoms with Gasteiger partial charge in [0, 0.05) is 24.0 Å². The molecule has 1 aromatic carbocycles. The zero-order valence-corrected chi connectivity index (χ0v) is 16.2. The fourth-order valence-corrected chi connectivity index (χ4v) is 3.36. The van der Waals surface area contributed by atoms with E-state index in [1.165, 1.54) is 0 Å². The molecule has 0 aliphatic heterocycles. The Bertz CT molecular complexity index is 733. The third kappa shape index (κ3) is 4.77. The van der Waals surface area contributed by atoms with Crippen molar-refractivity contribution < 1.29 is 9.47 Å². The van der Waals surface area contributed by atoms with E-state index in [0.29, 0.717) is 22.9 Å². The Balaban J connectivity index is 1.65. The van der Waals surface area contributed by atoms with Gasteiger partial charge in [-0.15, -0.1) is 0 Å². The standard InChI is InChI=1S/C19H25ClN4O2/c1-24(2)14-5-7-15(8-6-14)26-16-9-4-13(12-17(16)25-3)22-19-21-11-10-18(20)23-19/h4,9-12,14-15H,5-8H2,1-3H3,(H,21,22,23). The van der Waals surface area contributed by atoms with Gasteiger partial charge in [0.15, 0.2) is 11.5 Å². The number of benzene rings is 1. The van der Waals surface area contributed by atoms with Crippen molar-refractivity contribution in [1.82, 2.24) is 14.9 Å². The summed E-state index contributed by atoms with van der Waals surface area (Å²) in [6.07, 6.45) is 6.27. The van der Waals surface area contributed by atoms with Crippen LogP contribution in [0.4, 0.5) is 11.6 Å². The predicted octanol–water partition coefficient (Wildman–Crippen LogP) is 4.13. The van der Waals surface area contributed by atoms with E-state index >= 15 is 0 Å². The molecule has 1 N–H and O–H groups in total. The molecule has 1 fully saturated rings. The Morgan fingerprint density at radius 1 is 1.12 bits per heavy atom. The molecule has 0 saturated heterocycles. The molecular formula is C19H25ClN4O2. The average Bonchev–Trinajstić information content (AvgIpc) is 2.63. The maximum absolute atomic E-state index is 6.21. The number of hydrogen-bond acceptors (Lipinski definition) is 6. The first-order valence-corrected chi connectivity index (χ1v) is 9.19. The number of aromatic nitrogens is 2. The lowest BCUT2D eigenvalue weighted by Gasteiger charge is -2.33. The quantitative estimate of drug-likeness (QED) is 0.765. The van der Waals surface area contributed by atoms with E-state index in [9.17, 15) is 0 Å². The van der Waals surface area contributed by atoms with Crippen LogP contribution in [-0.4, -0.2) is 48.2 Å². The summed E-state index contributed by atoms with van der Waals surface area (Å²) in [6.45, 7) is 0. The zero-order chi connectivity index (χ0) is 18.5. The maximum Gasteiger partial charge on any atom is 0.228 e. The van der Waals surface area contributed by atoms with Crippen LogP contribution in [0.3, 0.4) is 0 Å². The molecule has 3 rings (SSSR count). The summed E-state index contributed by atoms with van der Waals surface area (Å²) in [7, 11) is 5.93. The van der Waals surface area contributed by atoms with Crippen LogP contribution < -0.4 is 14.8 Å². The minimum atomic E-state index is 0.232. The van der Waals surface area contributed by atoms with Gasteiger partial charge in [-0.05, 0) is 58.0 Å². The van der Waals surface area contributed by atoms with Crippen LogP contribution >= 0.6 is 11.6 Å². The zero-order valence-electron chi connectivity index (χ0n) is 15.4. The number of rotatable bonds is 6. The Hall–Kier alpha value is -2.05. The molecule has 0 unspecified atom stereocenters. The van der Waals surface area contributed by atoms with E-state index in [0.717, 1.165) is 37.1 Å². The molecule has 1 aromatic heterocycles. The van der Waals surface area contributed by atoms with Crippen molar-refractivity contribution in [2.24, 2.45) is 0 Å². The smallest absolute Gasteiger partial charge is 0.228 e. The van der Waals surface area contributed by atoms with E-state index in [4.69, 9.17) is 21.1 Å². The Morgan fingerprint density at radius 2 is 1.88 bits per heavy atom. The van der Waals surface area contributed by atoms with Crippen LogP contribution in [-0.2, 0) is 0 Å². The van der Waals surface area contributed by atoms with Gasteiger partial charge in [0.2, 0.25) is 5.95 Å². The molecule has 2 aromatic rings. The third-order valence-corrected chi connectivity index (χ3v) is 4.92. The number of halogens is 1. The molecule has 26 heavy (non-hydrogen) atoms. The average molecular weight is 377 g/mol. The highest BCUT2D eigenvalue weighted by atomic mass is 35.5. The maximum atomic E-state index is 6.21. The summed E-state index contributed by atoms with van der Waals surface area (Å²) in [5.41, 5.74) is 0.813. The summed E-state index contributed by atoms with van der Waals surface area (Å²) in [4.78, 5) is 10.6. The minimum Gasteiger partial charge on any atom is -0.493 e. The lowest BCUT2D eigenvalue weighted by atomic mass is 9.92. The minimum absolute atomic E-state index is 0.232. The van der Waals surface area contributed by atoms with Crippen molar-refractivity contribution in [3.05, 3.63) is 35.6 Å². The second kappa shape index (κ2) is 8.56. The first-order valence-electron chi connectivity index (χ1n) is 8.82. The summed E-state index contributed by atoms with van der Waals surface area (Å²) >= 11 is 5.89. The molecule has 0 radical (unpaired) electrons. The van der Waals surface area contributed by atoms with Gasteiger partial charge in [-0.1, -0.05) is 11.6 Å². The van der Waals surface area contributed by atoms with Gasteiger partial charge in [0.25, 0.3) is 0 Å². The number of hydrogen-bond donors (Lipinski definition) is 1. The Kier molecular flexibility index (Phi) is 6.16. The van der Waals surface area contributed by atoms with E-state index in [-0.39, 0.29) is 6.10 Å². The molecule has 0 amide bonds. The number of methoxy groups -OCH3 is 1. The van der Waals surface area contributed by atoms with Gasteiger partial charge >= 0.3 is 0 Å². The van der Waals surface area contributed by atoms with Crippen LogP contribution in [0.2, 0.25) is 5.15 Å². The monoisotopic (exact) mass is 376 g/mol. The molecule has 7 heteroatoms. The first kappa shape index (κ1) is 18.7. The Morgan fingerprint density at radius 3 is 2.54 bits per heavy atom. The van der Waals surface area contributed by atoms with Crippen LogP contribution in [0.5, 0.6) is 11.5 Å². The van der Waals surface area contributed by atoms with Gasteiger partial charge in [-0.25, -0.2) is 9.97 Å². The topological polar surface area (TPSA) is 59.5 Å². The van der Waals surface area contributed by atoms with Crippen molar-refractivity contribution in [3.63, 3.8) is 0 Å². The molecule has 0 spiro atoms. The number of anilines is 2. The third-order valence-electron chi connectivity index (χ3n) is 4.71. The van der Waals surface area contributed by atoms with Gasteiger partial charge in [0.1, 0.15) is 5.15 Å². The molecular weight excluding hydrogens is 352 g/mol. The normalized spacial score (nSPS) is 20.0. The number of nitrogens with one attached hydrogen (secondary N) is 1. The Labute approximate surface area is 159 Å². The van der Waals surface area contributed by atoms with E-state index in [1.54, 1.807) is 19.4 Å². The van der Waals surface area contributed by atoms with Crippen molar-refractivity contribution in [3.8, 4) is 11.5 Å². The first-order chi connectivity index (χ1) is 12.5. The molecule has 0 atom stereocenters. The predicted molar refractivity (Wildman–Crippen MR) is 104 cm³/mol.